The van der Waals surface area contributed by atoms with Crippen LogP contribution in [0.25, 0.3) is 0 Å². The number of nitrogens with zero attached hydrogens (tertiary/aromatic N) is 2. The fourth-order valence-corrected chi connectivity index (χ4v) is 2.18. The topological polar surface area (TPSA) is 45.2 Å². The van der Waals surface area contributed by atoms with E-state index in [1.165, 1.54) is 0 Å². The second-order valence-corrected chi connectivity index (χ2v) is 5.27. The number of benzene rings is 1. The summed E-state index contributed by atoms with van der Waals surface area (Å²) in [7, 11) is 0. The third-order valence-electron chi connectivity index (χ3n) is 3.64. The number of aromatic nitrogens is 1. The maximum atomic E-state index is 12.6. The molecule has 2 aromatic rings. The number of amides is 1. The fourth-order valence-electron chi connectivity index (χ4n) is 2.18. The van der Waals surface area contributed by atoms with Gasteiger partial charge in [0.2, 0.25) is 0 Å². The Morgan fingerprint density at radius 1 is 1.18 bits per heavy atom. The molecule has 1 heterocycles. The number of hydrogen-bond acceptors (Lipinski definition) is 3. The summed E-state index contributed by atoms with van der Waals surface area (Å²) in [5.41, 5.74) is 2.28. The third kappa shape index (κ3) is 3.85. The lowest BCUT2D eigenvalue weighted by molar-refractivity contribution is 0.0983. The smallest absolute Gasteiger partial charge is 0.276 e. The van der Waals surface area contributed by atoms with Crippen molar-refractivity contribution in [3.8, 4) is 0 Å². The molecule has 1 aromatic heterocycles. The molecular formula is C18H23N3O. The molecule has 22 heavy (non-hydrogen) atoms. The van der Waals surface area contributed by atoms with Gasteiger partial charge in [0, 0.05) is 18.3 Å². The van der Waals surface area contributed by atoms with Crippen LogP contribution in [-0.4, -0.2) is 23.5 Å². The minimum atomic E-state index is -0.0798. The Balaban J connectivity index is 2.14. The van der Waals surface area contributed by atoms with Crippen molar-refractivity contribution in [3.05, 3.63) is 54.4 Å². The van der Waals surface area contributed by atoms with Gasteiger partial charge in [-0.05, 0) is 44.5 Å². The van der Waals surface area contributed by atoms with E-state index in [4.69, 9.17) is 0 Å². The molecule has 2 rings (SSSR count). The standard InChI is InChI=1S/C18H23N3O/c1-4-14(3)20-15-11-12-17(19-13-15)18(22)21(5-2)16-9-7-6-8-10-16/h6-14,20H,4-5H2,1-3H3. The Hall–Kier alpha value is -2.36. The zero-order chi connectivity index (χ0) is 15.9. The molecule has 0 aliphatic heterocycles. The van der Waals surface area contributed by atoms with Crippen LogP contribution < -0.4 is 10.2 Å². The Morgan fingerprint density at radius 3 is 2.45 bits per heavy atom. The molecule has 0 aliphatic rings. The fraction of sp³-hybridized carbons (Fsp3) is 0.333. The minimum absolute atomic E-state index is 0.0798. The first-order valence-corrected chi connectivity index (χ1v) is 7.75. The van der Waals surface area contributed by atoms with Crippen LogP contribution in [0.15, 0.2) is 48.7 Å². The Morgan fingerprint density at radius 2 is 1.91 bits per heavy atom. The summed E-state index contributed by atoms with van der Waals surface area (Å²) in [6.07, 6.45) is 2.76. The molecule has 0 spiro atoms. The molecule has 0 aliphatic carbocycles. The number of hydrogen-bond donors (Lipinski definition) is 1. The van der Waals surface area contributed by atoms with Crippen LogP contribution in [0.5, 0.6) is 0 Å². The lowest BCUT2D eigenvalue weighted by Crippen LogP contribution is -2.31. The summed E-state index contributed by atoms with van der Waals surface area (Å²) < 4.78 is 0. The van der Waals surface area contributed by atoms with Gasteiger partial charge in [0.1, 0.15) is 5.69 Å². The van der Waals surface area contributed by atoms with Gasteiger partial charge in [-0.25, -0.2) is 4.98 Å². The highest BCUT2D eigenvalue weighted by Crippen LogP contribution is 2.17. The largest absolute Gasteiger partial charge is 0.381 e. The predicted molar refractivity (Wildman–Crippen MR) is 91.4 cm³/mol. The molecule has 0 fully saturated rings. The average molecular weight is 297 g/mol. The number of para-hydroxylation sites is 1. The van der Waals surface area contributed by atoms with Crippen molar-refractivity contribution in [1.29, 1.82) is 0 Å². The van der Waals surface area contributed by atoms with E-state index in [0.29, 0.717) is 18.3 Å². The van der Waals surface area contributed by atoms with Gasteiger partial charge in [-0.3, -0.25) is 4.79 Å². The number of nitrogens with one attached hydrogen (secondary N) is 1. The van der Waals surface area contributed by atoms with Gasteiger partial charge in [-0.2, -0.15) is 0 Å². The quantitative estimate of drug-likeness (QED) is 0.878. The van der Waals surface area contributed by atoms with E-state index in [1.807, 2.05) is 43.3 Å². The molecule has 1 atom stereocenters. The van der Waals surface area contributed by atoms with Gasteiger partial charge < -0.3 is 10.2 Å². The maximum absolute atomic E-state index is 12.6. The summed E-state index contributed by atoms with van der Waals surface area (Å²) in [4.78, 5) is 18.6. The van der Waals surface area contributed by atoms with Gasteiger partial charge in [0.15, 0.2) is 0 Å². The summed E-state index contributed by atoms with van der Waals surface area (Å²) >= 11 is 0. The van der Waals surface area contributed by atoms with Gasteiger partial charge in [-0.1, -0.05) is 25.1 Å². The van der Waals surface area contributed by atoms with Crippen LogP contribution in [0.1, 0.15) is 37.7 Å². The molecule has 1 aromatic carbocycles. The molecule has 1 N–H and O–H groups in total. The molecule has 0 saturated heterocycles. The number of anilines is 2. The minimum Gasteiger partial charge on any atom is -0.381 e. The summed E-state index contributed by atoms with van der Waals surface area (Å²) in [6, 6.07) is 13.7. The molecular weight excluding hydrogens is 274 g/mol. The normalized spacial score (nSPS) is 11.8. The van der Waals surface area contributed by atoms with Crippen LogP contribution in [0.4, 0.5) is 11.4 Å². The first-order valence-electron chi connectivity index (χ1n) is 7.75. The monoisotopic (exact) mass is 297 g/mol. The Labute approximate surface area is 132 Å². The van der Waals surface area contributed by atoms with Crippen molar-refractivity contribution in [2.24, 2.45) is 0 Å². The summed E-state index contributed by atoms with van der Waals surface area (Å²) in [6.45, 7) is 6.82. The van der Waals surface area contributed by atoms with Gasteiger partial charge in [0.25, 0.3) is 5.91 Å². The first kappa shape index (κ1) is 16.0. The maximum Gasteiger partial charge on any atom is 0.276 e. The van der Waals surface area contributed by atoms with E-state index >= 15 is 0 Å². The average Bonchev–Trinajstić information content (AvgIpc) is 2.57. The molecule has 4 nitrogen and oxygen atoms in total. The molecule has 4 heteroatoms. The number of rotatable bonds is 6. The number of carbonyl (C=O) groups is 1. The van der Waals surface area contributed by atoms with E-state index in [1.54, 1.807) is 17.2 Å². The predicted octanol–water partition coefficient (Wildman–Crippen LogP) is 3.96. The Kier molecular flexibility index (Phi) is 5.53. The Bertz CT molecular complexity index is 595. The van der Waals surface area contributed by atoms with E-state index < -0.39 is 0 Å². The molecule has 116 valence electrons. The van der Waals surface area contributed by atoms with Crippen molar-refractivity contribution in [1.82, 2.24) is 4.98 Å². The van der Waals surface area contributed by atoms with Gasteiger partial charge >= 0.3 is 0 Å². The van der Waals surface area contributed by atoms with E-state index in [-0.39, 0.29) is 5.91 Å². The van der Waals surface area contributed by atoms with Crippen molar-refractivity contribution < 1.29 is 4.79 Å². The van der Waals surface area contributed by atoms with Crippen LogP contribution in [-0.2, 0) is 0 Å². The van der Waals surface area contributed by atoms with Gasteiger partial charge in [-0.15, -0.1) is 0 Å². The highest BCUT2D eigenvalue weighted by molar-refractivity contribution is 6.04. The third-order valence-corrected chi connectivity index (χ3v) is 3.64. The first-order chi connectivity index (χ1) is 10.7. The van der Waals surface area contributed by atoms with E-state index in [0.717, 1.165) is 17.8 Å². The zero-order valence-corrected chi connectivity index (χ0v) is 13.4. The lowest BCUT2D eigenvalue weighted by Gasteiger charge is -2.20. The molecule has 0 saturated carbocycles. The zero-order valence-electron chi connectivity index (χ0n) is 13.4. The van der Waals surface area contributed by atoms with E-state index in [9.17, 15) is 4.79 Å². The SMILES string of the molecule is CCC(C)Nc1ccc(C(=O)N(CC)c2ccccc2)nc1. The number of pyridine rings is 1. The van der Waals surface area contributed by atoms with Gasteiger partial charge in [0.05, 0.1) is 11.9 Å². The van der Waals surface area contributed by atoms with E-state index in [2.05, 4.69) is 24.1 Å². The lowest BCUT2D eigenvalue weighted by atomic mass is 10.2. The summed E-state index contributed by atoms with van der Waals surface area (Å²) in [5, 5.41) is 3.35. The molecule has 1 unspecified atom stereocenters. The van der Waals surface area contributed by atoms with Crippen molar-refractivity contribution >= 4 is 17.3 Å². The van der Waals surface area contributed by atoms with Crippen LogP contribution in [0.2, 0.25) is 0 Å². The second kappa shape index (κ2) is 7.59. The second-order valence-electron chi connectivity index (χ2n) is 5.27. The summed E-state index contributed by atoms with van der Waals surface area (Å²) in [5.74, 6) is -0.0798. The van der Waals surface area contributed by atoms with Crippen molar-refractivity contribution in [2.45, 2.75) is 33.2 Å². The number of carbonyl (C=O) groups excluding carboxylic acids is 1. The van der Waals surface area contributed by atoms with Crippen LogP contribution in [0, 0.1) is 0 Å². The van der Waals surface area contributed by atoms with Crippen molar-refractivity contribution in [3.63, 3.8) is 0 Å². The highest BCUT2D eigenvalue weighted by Gasteiger charge is 2.17. The molecule has 0 radical (unpaired) electrons. The molecule has 0 bridgehead atoms. The highest BCUT2D eigenvalue weighted by atomic mass is 16.2. The van der Waals surface area contributed by atoms with Crippen molar-refractivity contribution in [2.75, 3.05) is 16.8 Å². The van der Waals surface area contributed by atoms with Crippen LogP contribution in [0.3, 0.4) is 0 Å². The van der Waals surface area contributed by atoms with Crippen LogP contribution >= 0.6 is 0 Å². The molecule has 1 amide bonds.